The van der Waals surface area contributed by atoms with Crippen LogP contribution in [0.15, 0.2) is 48.5 Å². The fourth-order valence-corrected chi connectivity index (χ4v) is 3.06. The first-order chi connectivity index (χ1) is 11.5. The van der Waals surface area contributed by atoms with Crippen LogP contribution >= 0.6 is 0 Å². The van der Waals surface area contributed by atoms with Gasteiger partial charge in [0.15, 0.2) is 0 Å². The number of nitrogens with one attached hydrogen (secondary N) is 1. The molecule has 2 amide bonds. The second-order valence-electron chi connectivity index (χ2n) is 5.95. The number of amides is 2. The van der Waals surface area contributed by atoms with Crippen LogP contribution in [0.3, 0.4) is 0 Å². The van der Waals surface area contributed by atoms with Crippen LogP contribution in [0.1, 0.15) is 19.8 Å². The maximum atomic E-state index is 13.3. The number of anilines is 1. The molecule has 0 spiro atoms. The van der Waals surface area contributed by atoms with Crippen LogP contribution < -0.4 is 5.32 Å². The Bertz CT molecular complexity index is 758. The van der Waals surface area contributed by atoms with Crippen molar-refractivity contribution >= 4 is 17.5 Å². The van der Waals surface area contributed by atoms with E-state index in [2.05, 4.69) is 5.32 Å². The Hall–Kier alpha value is -2.69. The summed E-state index contributed by atoms with van der Waals surface area (Å²) in [6.45, 7) is 2.12. The Balaban J connectivity index is 1.70. The predicted octanol–water partition coefficient (Wildman–Crippen LogP) is 3.44. The fraction of sp³-hybridized carbons (Fsp3) is 0.263. The summed E-state index contributed by atoms with van der Waals surface area (Å²) in [6, 6.07) is 13.2. The molecule has 1 fully saturated rings. The number of rotatable bonds is 3. The van der Waals surface area contributed by atoms with E-state index in [0.717, 1.165) is 17.5 Å². The van der Waals surface area contributed by atoms with E-state index >= 15 is 0 Å². The molecule has 1 aliphatic heterocycles. The Morgan fingerprint density at radius 1 is 1.12 bits per heavy atom. The van der Waals surface area contributed by atoms with Gasteiger partial charge in [0.05, 0.1) is 0 Å². The third-order valence-electron chi connectivity index (χ3n) is 4.27. The van der Waals surface area contributed by atoms with Gasteiger partial charge in [-0.05, 0) is 48.2 Å². The van der Waals surface area contributed by atoms with Crippen molar-refractivity contribution in [2.75, 3.05) is 11.9 Å². The van der Waals surface area contributed by atoms with Gasteiger partial charge in [-0.15, -0.1) is 0 Å². The second-order valence-corrected chi connectivity index (χ2v) is 5.95. The average Bonchev–Trinajstić information content (AvgIpc) is 3.05. The number of hydrogen-bond acceptors (Lipinski definition) is 2. The highest BCUT2D eigenvalue weighted by atomic mass is 19.1. The number of nitrogens with zero attached hydrogens (tertiary/aromatic N) is 1. The number of halogens is 1. The van der Waals surface area contributed by atoms with E-state index in [4.69, 9.17) is 0 Å². The Morgan fingerprint density at radius 3 is 2.54 bits per heavy atom. The molecule has 5 heteroatoms. The predicted molar refractivity (Wildman–Crippen MR) is 90.9 cm³/mol. The van der Waals surface area contributed by atoms with Gasteiger partial charge in [-0.1, -0.05) is 24.3 Å². The van der Waals surface area contributed by atoms with Gasteiger partial charge in [-0.25, -0.2) is 4.39 Å². The molecule has 1 saturated heterocycles. The van der Waals surface area contributed by atoms with E-state index in [-0.39, 0.29) is 17.6 Å². The van der Waals surface area contributed by atoms with Gasteiger partial charge in [-0.3, -0.25) is 9.59 Å². The van der Waals surface area contributed by atoms with Gasteiger partial charge in [-0.2, -0.15) is 0 Å². The Labute approximate surface area is 140 Å². The lowest BCUT2D eigenvalue weighted by Crippen LogP contribution is -2.42. The first-order valence-electron chi connectivity index (χ1n) is 7.98. The summed E-state index contributed by atoms with van der Waals surface area (Å²) in [7, 11) is 0. The zero-order valence-electron chi connectivity index (χ0n) is 13.5. The van der Waals surface area contributed by atoms with Crippen molar-refractivity contribution in [3.8, 4) is 11.1 Å². The molecule has 0 aliphatic carbocycles. The molecule has 3 rings (SSSR count). The van der Waals surface area contributed by atoms with Crippen LogP contribution in [0.25, 0.3) is 11.1 Å². The summed E-state index contributed by atoms with van der Waals surface area (Å²) in [4.78, 5) is 25.5. The molecule has 0 aromatic heterocycles. The molecule has 24 heavy (non-hydrogen) atoms. The lowest BCUT2D eigenvalue weighted by atomic mass is 10.1. The van der Waals surface area contributed by atoms with Crippen molar-refractivity contribution in [2.45, 2.75) is 25.8 Å². The number of likely N-dealkylation sites (tertiary alicyclic amines) is 1. The van der Waals surface area contributed by atoms with E-state index in [1.54, 1.807) is 23.1 Å². The SMILES string of the molecule is CC(=O)N1CCC[C@H]1C(=O)Nc1ccc(-c2cccc(F)c2)cc1. The number of benzene rings is 2. The van der Waals surface area contributed by atoms with Crippen LogP contribution in [0.2, 0.25) is 0 Å². The second kappa shape index (κ2) is 6.83. The quantitative estimate of drug-likeness (QED) is 0.939. The summed E-state index contributed by atoms with van der Waals surface area (Å²) in [5, 5.41) is 2.85. The number of carbonyl (C=O) groups excluding carboxylic acids is 2. The zero-order chi connectivity index (χ0) is 17.1. The van der Waals surface area contributed by atoms with Gasteiger partial charge in [0.25, 0.3) is 0 Å². The molecule has 0 unspecified atom stereocenters. The summed E-state index contributed by atoms with van der Waals surface area (Å²) in [6.07, 6.45) is 1.53. The maximum Gasteiger partial charge on any atom is 0.247 e. The first kappa shape index (κ1) is 16.2. The van der Waals surface area contributed by atoms with Gasteiger partial charge >= 0.3 is 0 Å². The highest BCUT2D eigenvalue weighted by Crippen LogP contribution is 2.23. The van der Waals surface area contributed by atoms with Crippen molar-refractivity contribution in [1.29, 1.82) is 0 Å². The number of hydrogen-bond donors (Lipinski definition) is 1. The summed E-state index contributed by atoms with van der Waals surface area (Å²) in [5.41, 5.74) is 2.32. The highest BCUT2D eigenvalue weighted by molar-refractivity contribution is 5.97. The van der Waals surface area contributed by atoms with Crippen molar-refractivity contribution in [2.24, 2.45) is 0 Å². The highest BCUT2D eigenvalue weighted by Gasteiger charge is 2.32. The molecular formula is C19H19FN2O2. The van der Waals surface area contributed by atoms with E-state index in [9.17, 15) is 14.0 Å². The molecular weight excluding hydrogens is 307 g/mol. The molecule has 1 N–H and O–H groups in total. The fourth-order valence-electron chi connectivity index (χ4n) is 3.06. The minimum absolute atomic E-state index is 0.0749. The van der Waals surface area contributed by atoms with Crippen molar-refractivity contribution in [3.05, 3.63) is 54.3 Å². The monoisotopic (exact) mass is 326 g/mol. The van der Waals surface area contributed by atoms with Gasteiger partial charge < -0.3 is 10.2 Å². The zero-order valence-corrected chi connectivity index (χ0v) is 13.5. The largest absolute Gasteiger partial charge is 0.331 e. The molecule has 1 aliphatic rings. The average molecular weight is 326 g/mol. The Morgan fingerprint density at radius 2 is 1.88 bits per heavy atom. The standard InChI is InChI=1S/C19H19FN2O2/c1-13(23)22-11-3-6-18(22)19(24)21-17-9-7-14(8-10-17)15-4-2-5-16(20)12-15/h2,4-5,7-10,12,18H,3,6,11H2,1H3,(H,21,24)/t18-/m0/s1. The molecule has 4 nitrogen and oxygen atoms in total. The minimum atomic E-state index is -0.398. The summed E-state index contributed by atoms with van der Waals surface area (Å²) < 4.78 is 13.3. The lowest BCUT2D eigenvalue weighted by Gasteiger charge is -2.22. The molecule has 1 heterocycles. The summed E-state index contributed by atoms with van der Waals surface area (Å²) >= 11 is 0. The molecule has 124 valence electrons. The molecule has 0 saturated carbocycles. The van der Waals surface area contributed by atoms with Crippen LogP contribution in [-0.4, -0.2) is 29.3 Å². The van der Waals surface area contributed by atoms with Crippen LogP contribution in [0.5, 0.6) is 0 Å². The number of carbonyl (C=O) groups is 2. The van der Waals surface area contributed by atoms with E-state index in [0.29, 0.717) is 18.7 Å². The smallest absolute Gasteiger partial charge is 0.247 e. The van der Waals surface area contributed by atoms with E-state index in [1.807, 2.05) is 18.2 Å². The molecule has 0 bridgehead atoms. The van der Waals surface area contributed by atoms with Crippen LogP contribution in [0, 0.1) is 5.82 Å². The molecule has 2 aromatic rings. The topological polar surface area (TPSA) is 49.4 Å². The van der Waals surface area contributed by atoms with Gasteiger partial charge in [0.2, 0.25) is 11.8 Å². The van der Waals surface area contributed by atoms with E-state index in [1.165, 1.54) is 19.1 Å². The maximum absolute atomic E-state index is 13.3. The van der Waals surface area contributed by atoms with Crippen LogP contribution in [-0.2, 0) is 9.59 Å². The third-order valence-corrected chi connectivity index (χ3v) is 4.27. The molecule has 2 aromatic carbocycles. The first-order valence-corrected chi connectivity index (χ1v) is 7.98. The van der Waals surface area contributed by atoms with Gasteiger partial charge in [0.1, 0.15) is 11.9 Å². The van der Waals surface area contributed by atoms with Crippen molar-refractivity contribution < 1.29 is 14.0 Å². The molecule has 0 radical (unpaired) electrons. The summed E-state index contributed by atoms with van der Waals surface area (Å²) in [5.74, 6) is -0.522. The van der Waals surface area contributed by atoms with Crippen molar-refractivity contribution in [3.63, 3.8) is 0 Å². The normalized spacial score (nSPS) is 16.9. The van der Waals surface area contributed by atoms with Crippen LogP contribution in [0.4, 0.5) is 10.1 Å². The Kier molecular flexibility index (Phi) is 4.60. The lowest BCUT2D eigenvalue weighted by molar-refractivity contribution is -0.134. The third kappa shape index (κ3) is 3.45. The minimum Gasteiger partial charge on any atom is -0.331 e. The van der Waals surface area contributed by atoms with E-state index < -0.39 is 6.04 Å². The van der Waals surface area contributed by atoms with Crippen molar-refractivity contribution in [1.82, 2.24) is 4.90 Å². The molecule has 1 atom stereocenters. The van der Waals surface area contributed by atoms with Gasteiger partial charge in [0, 0.05) is 19.2 Å².